The highest BCUT2D eigenvalue weighted by Crippen LogP contribution is 2.55. The van der Waals surface area contributed by atoms with Crippen LogP contribution in [-0.2, 0) is 6.54 Å². The quantitative estimate of drug-likeness (QED) is 0.857. The van der Waals surface area contributed by atoms with Crippen molar-refractivity contribution in [1.29, 1.82) is 0 Å². The molecule has 0 fully saturated rings. The number of nitrogens with zero attached hydrogens (tertiary/aromatic N) is 2. The molecule has 0 N–H and O–H groups in total. The van der Waals surface area contributed by atoms with Crippen molar-refractivity contribution in [2.75, 3.05) is 44.2 Å². The molecular weight excluding hydrogens is 300 g/mol. The maximum absolute atomic E-state index is 5.77. The maximum atomic E-state index is 5.77. The summed E-state index contributed by atoms with van der Waals surface area (Å²) in [5.41, 5.74) is 5.25. The molecule has 0 saturated carbocycles. The van der Waals surface area contributed by atoms with Gasteiger partial charge in [0, 0.05) is 49.9 Å². The fraction of sp³-hybridized carbons (Fsp3) is 0.400. The molecule has 1 unspecified atom stereocenters. The lowest BCUT2D eigenvalue weighted by molar-refractivity contribution is 0.355. The molecule has 0 amide bonds. The Kier molecular flexibility index (Phi) is 3.75. The topological polar surface area (TPSA) is 24.9 Å². The van der Waals surface area contributed by atoms with Gasteiger partial charge in [-0.05, 0) is 12.0 Å². The molecule has 0 radical (unpaired) electrons. The molecule has 0 aliphatic carbocycles. The fourth-order valence-electron chi connectivity index (χ4n) is 4.11. The summed E-state index contributed by atoms with van der Waals surface area (Å²) in [7, 11) is 5.62. The molecule has 1 atom stereocenters. The summed E-state index contributed by atoms with van der Waals surface area (Å²) in [6.07, 6.45) is 1.19. The van der Waals surface area contributed by atoms with E-state index in [-0.39, 0.29) is 0 Å². The summed E-state index contributed by atoms with van der Waals surface area (Å²) in [6, 6.07) is 12.8. The first-order valence-electron chi connectivity index (χ1n) is 8.51. The maximum Gasteiger partial charge on any atom is 0.184 e. The minimum atomic E-state index is 0.578. The number of methoxy groups -OCH3 is 2. The zero-order valence-corrected chi connectivity index (χ0v) is 14.6. The third-order valence-electron chi connectivity index (χ3n) is 5.27. The minimum Gasteiger partial charge on any atom is -0.493 e. The van der Waals surface area contributed by atoms with E-state index in [1.165, 1.54) is 28.9 Å². The summed E-state index contributed by atoms with van der Waals surface area (Å²) in [6.45, 7) is 3.04. The van der Waals surface area contributed by atoms with Gasteiger partial charge in [-0.15, -0.1) is 0 Å². The number of hydrogen-bond donors (Lipinski definition) is 0. The number of hydrogen-bond acceptors (Lipinski definition) is 4. The Balaban J connectivity index is 1.84. The van der Waals surface area contributed by atoms with Gasteiger partial charge >= 0.3 is 0 Å². The van der Waals surface area contributed by atoms with E-state index < -0.39 is 0 Å². The summed E-state index contributed by atoms with van der Waals surface area (Å²) in [5, 5.41) is 0. The van der Waals surface area contributed by atoms with Gasteiger partial charge < -0.3 is 19.3 Å². The van der Waals surface area contributed by atoms with E-state index in [0.29, 0.717) is 5.92 Å². The molecule has 4 heteroatoms. The molecule has 0 bridgehead atoms. The largest absolute Gasteiger partial charge is 0.493 e. The molecule has 126 valence electrons. The van der Waals surface area contributed by atoms with Crippen LogP contribution in [0.25, 0.3) is 0 Å². The van der Waals surface area contributed by atoms with E-state index in [2.05, 4.69) is 53.2 Å². The van der Waals surface area contributed by atoms with E-state index in [1.807, 2.05) is 0 Å². The first-order valence-corrected chi connectivity index (χ1v) is 8.51. The van der Waals surface area contributed by atoms with E-state index in [4.69, 9.17) is 9.47 Å². The van der Waals surface area contributed by atoms with Gasteiger partial charge in [0.15, 0.2) is 11.5 Å². The smallest absolute Gasteiger partial charge is 0.184 e. The Labute approximate surface area is 143 Å². The van der Waals surface area contributed by atoms with Crippen molar-refractivity contribution in [2.45, 2.75) is 18.9 Å². The van der Waals surface area contributed by atoms with Crippen LogP contribution in [-0.4, -0.2) is 34.4 Å². The molecular formula is C20H24N2O2. The normalized spacial score (nSPS) is 18.5. The summed E-state index contributed by atoms with van der Waals surface area (Å²) >= 11 is 0. The average molecular weight is 324 g/mol. The van der Waals surface area contributed by atoms with Gasteiger partial charge in [0.25, 0.3) is 0 Å². The molecule has 2 aromatic rings. The highest BCUT2D eigenvalue weighted by Gasteiger charge is 2.38. The van der Waals surface area contributed by atoms with E-state index in [1.54, 1.807) is 14.2 Å². The number of ether oxygens (including phenoxy) is 2. The van der Waals surface area contributed by atoms with Crippen LogP contribution in [0.5, 0.6) is 11.5 Å². The molecule has 4 rings (SSSR count). The van der Waals surface area contributed by atoms with Gasteiger partial charge in [-0.2, -0.15) is 0 Å². The summed E-state index contributed by atoms with van der Waals surface area (Å²) in [5.74, 6) is 2.26. The zero-order valence-electron chi connectivity index (χ0n) is 14.6. The summed E-state index contributed by atoms with van der Waals surface area (Å²) in [4.78, 5) is 4.79. The first-order chi connectivity index (χ1) is 11.7. The highest BCUT2D eigenvalue weighted by molar-refractivity contribution is 5.82. The Morgan fingerprint density at radius 3 is 2.62 bits per heavy atom. The molecule has 0 saturated heterocycles. The second-order valence-electron chi connectivity index (χ2n) is 6.67. The van der Waals surface area contributed by atoms with Gasteiger partial charge in [0.2, 0.25) is 0 Å². The van der Waals surface area contributed by atoms with E-state index >= 15 is 0 Å². The van der Waals surface area contributed by atoms with Gasteiger partial charge in [-0.1, -0.05) is 30.3 Å². The molecule has 0 spiro atoms. The van der Waals surface area contributed by atoms with Crippen molar-refractivity contribution in [3.63, 3.8) is 0 Å². The monoisotopic (exact) mass is 324 g/mol. The lowest BCUT2D eigenvalue weighted by Gasteiger charge is -2.31. The SMILES string of the molecule is COc1cc2c3c(c1OC)N(Cc1ccccc1)CC3CCN2C. The number of anilines is 2. The molecule has 2 aromatic carbocycles. The van der Waals surface area contributed by atoms with Crippen LogP contribution in [0.3, 0.4) is 0 Å². The van der Waals surface area contributed by atoms with Crippen LogP contribution in [0.1, 0.15) is 23.5 Å². The van der Waals surface area contributed by atoms with Crippen LogP contribution in [0.4, 0.5) is 11.4 Å². The van der Waals surface area contributed by atoms with Crippen molar-refractivity contribution in [1.82, 2.24) is 0 Å². The second-order valence-corrected chi connectivity index (χ2v) is 6.67. The lowest BCUT2D eigenvalue weighted by atomic mass is 9.91. The van der Waals surface area contributed by atoms with Crippen molar-refractivity contribution < 1.29 is 9.47 Å². The highest BCUT2D eigenvalue weighted by atomic mass is 16.5. The van der Waals surface area contributed by atoms with Crippen molar-refractivity contribution in [2.24, 2.45) is 0 Å². The number of rotatable bonds is 4. The van der Waals surface area contributed by atoms with Crippen LogP contribution in [0.2, 0.25) is 0 Å². The third kappa shape index (κ3) is 2.29. The van der Waals surface area contributed by atoms with Crippen LogP contribution in [0, 0.1) is 0 Å². The Morgan fingerprint density at radius 2 is 1.92 bits per heavy atom. The van der Waals surface area contributed by atoms with Gasteiger partial charge in [0.05, 0.1) is 19.9 Å². The Morgan fingerprint density at radius 1 is 1.12 bits per heavy atom. The van der Waals surface area contributed by atoms with Crippen molar-refractivity contribution >= 4 is 11.4 Å². The first kappa shape index (κ1) is 15.2. The molecule has 24 heavy (non-hydrogen) atoms. The zero-order chi connectivity index (χ0) is 16.7. The lowest BCUT2D eigenvalue weighted by Crippen LogP contribution is -2.27. The summed E-state index contributed by atoms with van der Waals surface area (Å²) < 4.78 is 11.4. The van der Waals surface area contributed by atoms with Crippen LogP contribution < -0.4 is 19.3 Å². The third-order valence-corrected chi connectivity index (χ3v) is 5.27. The van der Waals surface area contributed by atoms with Gasteiger partial charge in [-0.25, -0.2) is 0 Å². The van der Waals surface area contributed by atoms with Gasteiger partial charge in [0.1, 0.15) is 0 Å². The van der Waals surface area contributed by atoms with E-state index in [9.17, 15) is 0 Å². The predicted molar refractivity (Wildman–Crippen MR) is 97.7 cm³/mol. The predicted octanol–water partition coefficient (Wildman–Crippen LogP) is 3.65. The molecule has 2 heterocycles. The average Bonchev–Trinajstić information content (AvgIpc) is 2.97. The molecule has 4 nitrogen and oxygen atoms in total. The number of benzene rings is 2. The Bertz CT molecular complexity index is 745. The van der Waals surface area contributed by atoms with E-state index in [0.717, 1.165) is 31.1 Å². The van der Waals surface area contributed by atoms with Crippen molar-refractivity contribution in [3.8, 4) is 11.5 Å². The van der Waals surface area contributed by atoms with Crippen LogP contribution >= 0.6 is 0 Å². The standard InChI is InChI=1S/C20H24N2O2/c1-21-10-9-15-13-22(12-14-7-5-4-6-8-14)19-18(15)16(21)11-17(23-2)20(19)24-3/h4-8,11,15H,9-10,12-13H2,1-3H3. The Hall–Kier alpha value is -2.36. The molecule has 2 aliphatic rings. The molecule has 2 aliphatic heterocycles. The minimum absolute atomic E-state index is 0.578. The van der Waals surface area contributed by atoms with Crippen LogP contribution in [0.15, 0.2) is 36.4 Å². The fourth-order valence-corrected chi connectivity index (χ4v) is 4.11. The second kappa shape index (κ2) is 5.93. The van der Waals surface area contributed by atoms with Gasteiger partial charge in [-0.3, -0.25) is 0 Å². The van der Waals surface area contributed by atoms with Crippen molar-refractivity contribution in [3.05, 3.63) is 47.5 Å². The molecule has 0 aromatic heterocycles.